The van der Waals surface area contributed by atoms with E-state index in [1.165, 1.54) is 0 Å². The minimum absolute atomic E-state index is 0.0138. The molecule has 0 N–H and O–H groups in total. The molecule has 0 unspecified atom stereocenters. The number of hydrogen-bond donors (Lipinski definition) is 0. The Morgan fingerprint density at radius 1 is 1.20 bits per heavy atom. The number of rotatable bonds is 1. The SMILES string of the molecule is O=c1c2ccc(-c3cscn3)cc2nc2n1CCC1(CC2)OCCO1. The summed E-state index contributed by atoms with van der Waals surface area (Å²) in [6.45, 7) is 1.82. The number of thiazole rings is 1. The second-order valence-electron chi connectivity index (χ2n) is 6.45. The first kappa shape index (κ1) is 15.2. The second-order valence-corrected chi connectivity index (χ2v) is 7.17. The molecule has 2 aliphatic heterocycles. The number of benzene rings is 1. The molecule has 0 radical (unpaired) electrons. The van der Waals surface area contributed by atoms with Gasteiger partial charge in [-0.05, 0) is 12.1 Å². The van der Waals surface area contributed by atoms with Gasteiger partial charge in [-0.25, -0.2) is 9.97 Å². The van der Waals surface area contributed by atoms with Crippen LogP contribution in [0.2, 0.25) is 0 Å². The molecule has 2 aromatic heterocycles. The molecule has 0 aliphatic carbocycles. The first-order chi connectivity index (χ1) is 12.2. The van der Waals surface area contributed by atoms with Gasteiger partial charge in [0.2, 0.25) is 0 Å². The topological polar surface area (TPSA) is 66.2 Å². The van der Waals surface area contributed by atoms with Gasteiger partial charge < -0.3 is 9.47 Å². The van der Waals surface area contributed by atoms with E-state index in [-0.39, 0.29) is 5.56 Å². The Labute approximate surface area is 148 Å². The molecule has 1 fully saturated rings. The zero-order valence-corrected chi connectivity index (χ0v) is 14.4. The molecule has 7 heteroatoms. The summed E-state index contributed by atoms with van der Waals surface area (Å²) in [6.07, 6.45) is 2.09. The Hall–Kier alpha value is -2.09. The Bertz CT molecular complexity index is 991. The number of aromatic nitrogens is 3. The maximum absolute atomic E-state index is 13.0. The summed E-state index contributed by atoms with van der Waals surface area (Å²) in [5, 5.41) is 2.64. The first-order valence-electron chi connectivity index (χ1n) is 8.44. The van der Waals surface area contributed by atoms with Gasteiger partial charge in [0, 0.05) is 36.8 Å². The maximum Gasteiger partial charge on any atom is 0.261 e. The number of hydrogen-bond acceptors (Lipinski definition) is 6. The molecule has 1 saturated heterocycles. The molecule has 3 aromatic rings. The molecular formula is C18H17N3O3S. The highest BCUT2D eigenvalue weighted by atomic mass is 32.1. The molecule has 5 rings (SSSR count). The molecule has 2 aliphatic rings. The largest absolute Gasteiger partial charge is 0.347 e. The van der Waals surface area contributed by atoms with E-state index in [0.29, 0.717) is 38.0 Å². The van der Waals surface area contributed by atoms with Gasteiger partial charge in [0.05, 0.1) is 35.3 Å². The van der Waals surface area contributed by atoms with Gasteiger partial charge in [0.1, 0.15) is 5.82 Å². The van der Waals surface area contributed by atoms with E-state index < -0.39 is 5.79 Å². The Morgan fingerprint density at radius 3 is 2.88 bits per heavy atom. The number of ether oxygens (including phenoxy) is 2. The Balaban J connectivity index is 1.60. The third-order valence-corrected chi connectivity index (χ3v) is 5.61. The number of aryl methyl sites for hydroxylation is 1. The van der Waals surface area contributed by atoms with Crippen LogP contribution in [0.4, 0.5) is 0 Å². The molecule has 25 heavy (non-hydrogen) atoms. The van der Waals surface area contributed by atoms with Crippen LogP contribution in [0.15, 0.2) is 33.9 Å². The first-order valence-corrected chi connectivity index (χ1v) is 9.38. The van der Waals surface area contributed by atoms with Crippen molar-refractivity contribution in [3.05, 3.63) is 45.3 Å². The van der Waals surface area contributed by atoms with Gasteiger partial charge >= 0.3 is 0 Å². The van der Waals surface area contributed by atoms with Gasteiger partial charge in [-0.2, -0.15) is 0 Å². The smallest absolute Gasteiger partial charge is 0.261 e. The Kier molecular flexibility index (Phi) is 3.48. The fourth-order valence-electron chi connectivity index (χ4n) is 3.70. The minimum Gasteiger partial charge on any atom is -0.347 e. The van der Waals surface area contributed by atoms with Crippen LogP contribution in [0.1, 0.15) is 18.7 Å². The fraction of sp³-hybridized carbons (Fsp3) is 0.389. The predicted octanol–water partition coefficient (Wildman–Crippen LogP) is 2.60. The van der Waals surface area contributed by atoms with Gasteiger partial charge in [0.15, 0.2) is 5.79 Å². The average molecular weight is 355 g/mol. The van der Waals surface area contributed by atoms with E-state index in [9.17, 15) is 4.79 Å². The van der Waals surface area contributed by atoms with Crippen molar-refractivity contribution in [3.63, 3.8) is 0 Å². The second kappa shape index (κ2) is 5.72. The number of fused-ring (bicyclic) bond motifs is 2. The summed E-state index contributed by atoms with van der Waals surface area (Å²) >= 11 is 1.55. The van der Waals surface area contributed by atoms with Crippen molar-refractivity contribution in [1.29, 1.82) is 0 Å². The van der Waals surface area contributed by atoms with Gasteiger partial charge in [-0.1, -0.05) is 6.07 Å². The van der Waals surface area contributed by atoms with Gasteiger partial charge in [-0.15, -0.1) is 11.3 Å². The lowest BCUT2D eigenvalue weighted by Crippen LogP contribution is -2.31. The van der Waals surface area contributed by atoms with E-state index in [2.05, 4.69) is 4.98 Å². The van der Waals surface area contributed by atoms with Crippen LogP contribution in [-0.4, -0.2) is 33.5 Å². The molecule has 4 heterocycles. The lowest BCUT2D eigenvalue weighted by Gasteiger charge is -2.24. The average Bonchev–Trinajstić information content (AvgIpc) is 3.28. The van der Waals surface area contributed by atoms with Crippen LogP contribution in [0.25, 0.3) is 22.2 Å². The molecule has 0 atom stereocenters. The van der Waals surface area contributed by atoms with Crippen LogP contribution in [0.3, 0.4) is 0 Å². The van der Waals surface area contributed by atoms with Gasteiger partial charge in [-0.3, -0.25) is 9.36 Å². The summed E-state index contributed by atoms with van der Waals surface area (Å²) in [4.78, 5) is 22.1. The van der Waals surface area contributed by atoms with Crippen molar-refractivity contribution in [1.82, 2.24) is 14.5 Å². The monoisotopic (exact) mass is 355 g/mol. The van der Waals surface area contributed by atoms with Crippen molar-refractivity contribution in [2.75, 3.05) is 13.2 Å². The van der Waals surface area contributed by atoms with Crippen LogP contribution in [0, 0.1) is 0 Å². The highest BCUT2D eigenvalue weighted by molar-refractivity contribution is 7.07. The van der Waals surface area contributed by atoms with E-state index in [4.69, 9.17) is 14.5 Å². The van der Waals surface area contributed by atoms with Crippen molar-refractivity contribution >= 4 is 22.2 Å². The van der Waals surface area contributed by atoms with E-state index in [0.717, 1.165) is 29.0 Å². The zero-order valence-electron chi connectivity index (χ0n) is 13.6. The summed E-state index contributed by atoms with van der Waals surface area (Å²) in [7, 11) is 0. The van der Waals surface area contributed by atoms with Crippen LogP contribution >= 0.6 is 11.3 Å². The van der Waals surface area contributed by atoms with Crippen LogP contribution < -0.4 is 5.56 Å². The Morgan fingerprint density at radius 2 is 2.08 bits per heavy atom. The van der Waals surface area contributed by atoms with E-state index >= 15 is 0 Å². The van der Waals surface area contributed by atoms with E-state index in [1.54, 1.807) is 21.4 Å². The van der Waals surface area contributed by atoms with Gasteiger partial charge in [0.25, 0.3) is 5.56 Å². The summed E-state index contributed by atoms with van der Waals surface area (Å²) in [5.74, 6) is 0.266. The molecule has 1 aromatic carbocycles. The molecule has 0 bridgehead atoms. The molecular weight excluding hydrogens is 338 g/mol. The minimum atomic E-state index is -0.544. The van der Waals surface area contributed by atoms with Crippen LogP contribution in [-0.2, 0) is 22.4 Å². The summed E-state index contributed by atoms with van der Waals surface area (Å²) in [6, 6.07) is 5.75. The van der Waals surface area contributed by atoms with E-state index in [1.807, 2.05) is 23.6 Å². The zero-order chi connectivity index (χ0) is 16.9. The molecule has 0 saturated carbocycles. The molecule has 128 valence electrons. The molecule has 1 spiro atoms. The van der Waals surface area contributed by atoms with Crippen LogP contribution in [0.5, 0.6) is 0 Å². The quantitative estimate of drug-likeness (QED) is 0.671. The summed E-state index contributed by atoms with van der Waals surface area (Å²) in [5.41, 5.74) is 4.44. The normalized spacial score (nSPS) is 19.2. The highest BCUT2D eigenvalue weighted by Gasteiger charge is 2.38. The number of nitrogens with zero attached hydrogens (tertiary/aromatic N) is 3. The fourth-order valence-corrected chi connectivity index (χ4v) is 4.26. The standard InChI is InChI=1S/C18H17N3O3S/c22-17-13-2-1-12(15-10-25-11-19-15)9-14(13)20-16-3-4-18(5-6-21(16)17)23-7-8-24-18/h1-2,9-11H,3-8H2. The maximum atomic E-state index is 13.0. The third kappa shape index (κ3) is 2.50. The highest BCUT2D eigenvalue weighted by Crippen LogP contribution is 2.32. The summed E-state index contributed by atoms with van der Waals surface area (Å²) < 4.78 is 13.4. The lowest BCUT2D eigenvalue weighted by atomic mass is 10.1. The van der Waals surface area contributed by atoms with Crippen molar-refractivity contribution in [3.8, 4) is 11.3 Å². The molecule has 6 nitrogen and oxygen atoms in total. The van der Waals surface area contributed by atoms with Crippen molar-refractivity contribution < 1.29 is 9.47 Å². The molecule has 0 amide bonds. The van der Waals surface area contributed by atoms with Crippen molar-refractivity contribution in [2.45, 2.75) is 31.6 Å². The van der Waals surface area contributed by atoms with Crippen molar-refractivity contribution in [2.24, 2.45) is 0 Å². The lowest BCUT2D eigenvalue weighted by molar-refractivity contribution is -0.165. The predicted molar refractivity (Wildman–Crippen MR) is 94.7 cm³/mol. The third-order valence-electron chi connectivity index (χ3n) is 5.02.